The lowest BCUT2D eigenvalue weighted by atomic mass is 9.66. The van der Waals surface area contributed by atoms with E-state index in [4.69, 9.17) is 0 Å². The molecule has 0 N–H and O–H groups in total. The fraction of sp³-hybridized carbons (Fsp3) is 0.227. The number of fused-ring (bicyclic) bond motifs is 16. The number of benzene rings is 9. The van der Waals surface area contributed by atoms with Gasteiger partial charge in [-0.3, -0.25) is 0 Å². The lowest BCUT2D eigenvalue weighted by Gasteiger charge is -2.36. The van der Waals surface area contributed by atoms with E-state index in [0.717, 1.165) is 34.1 Å². The van der Waals surface area contributed by atoms with Crippen LogP contribution in [0.4, 0.5) is 34.1 Å². The van der Waals surface area contributed by atoms with Crippen LogP contribution >= 0.6 is 0 Å². The summed E-state index contributed by atoms with van der Waals surface area (Å²) in [6.07, 6.45) is 9.37. The number of anilines is 6. The van der Waals surface area contributed by atoms with Crippen LogP contribution in [0.1, 0.15) is 97.9 Å². The van der Waals surface area contributed by atoms with Crippen molar-refractivity contribution >= 4 is 60.6 Å². The second kappa shape index (κ2) is 18.3. The summed E-state index contributed by atoms with van der Waals surface area (Å²) >= 11 is 0. The van der Waals surface area contributed by atoms with Crippen LogP contribution in [0.15, 0.2) is 218 Å². The van der Waals surface area contributed by atoms with Crippen molar-refractivity contribution in [2.45, 2.75) is 109 Å². The minimum atomic E-state index is -1.56. The van der Waals surface area contributed by atoms with Crippen LogP contribution in [0, 0.1) is 0 Å². The molecule has 392 valence electrons. The van der Waals surface area contributed by atoms with E-state index in [1.54, 1.807) is 0 Å². The van der Waals surface area contributed by atoms with Gasteiger partial charge in [-0.05, 0) is 174 Å². The Morgan fingerprint density at radius 2 is 0.709 bits per heavy atom. The zero-order chi connectivity index (χ0) is 55.0. The quantitative estimate of drug-likeness (QED) is 0.140. The topological polar surface area (TPSA) is 6.48 Å². The molecule has 9 aromatic rings. The number of nitrogens with zero attached hydrogens (tertiary/aromatic N) is 2. The molecule has 0 radical (unpaired) electrons. The normalized spacial score (nSPS) is 16.4. The average molecular weight is 1060 g/mol. The molecule has 4 heteroatoms. The molecule has 2 unspecified atom stereocenters. The summed E-state index contributed by atoms with van der Waals surface area (Å²) in [5, 5.41) is 2.92. The third kappa shape index (κ3) is 8.31. The average Bonchev–Trinajstić information content (AvgIpc) is 2.30. The predicted octanol–water partition coefficient (Wildman–Crippen LogP) is 19.6. The van der Waals surface area contributed by atoms with Crippen LogP contribution in [-0.2, 0) is 16.2 Å². The summed E-state index contributed by atoms with van der Waals surface area (Å²) in [7, 11) is -3.13. The highest BCUT2D eigenvalue weighted by molar-refractivity contribution is 6.89. The predicted molar refractivity (Wildman–Crippen MR) is 345 cm³/mol. The third-order valence-electron chi connectivity index (χ3n) is 17.9. The Bertz CT molecular complexity index is 3640. The van der Waals surface area contributed by atoms with Gasteiger partial charge in [0.05, 0.1) is 21.6 Å². The minimum Gasteiger partial charge on any atom is -0.310 e. The van der Waals surface area contributed by atoms with Crippen LogP contribution in [0.3, 0.4) is 0 Å². The molecule has 13 rings (SSSR count). The van der Waals surface area contributed by atoms with E-state index in [2.05, 4.69) is 309 Å². The first-order valence-electron chi connectivity index (χ1n) is 28.7. The molecule has 0 aliphatic heterocycles. The van der Waals surface area contributed by atoms with Crippen LogP contribution in [0.5, 0.6) is 0 Å². The molecule has 0 saturated carbocycles. The molecule has 0 saturated heterocycles. The van der Waals surface area contributed by atoms with E-state index in [-0.39, 0.29) is 16.7 Å². The zero-order valence-corrected chi connectivity index (χ0v) is 50.3. The molecule has 4 aliphatic carbocycles. The lowest BCUT2D eigenvalue weighted by molar-refractivity contribution is 0.590. The number of hydrogen-bond donors (Lipinski definition) is 0. The number of hydrogen-bond acceptors (Lipinski definition) is 2. The Labute approximate surface area is 472 Å². The standard InChI is InChI=1S/C75H74N2Si2/c1-73(2,3)49-25-29-51(30-26-49)76(53-33-39-57(40-34-53)78(7,8)9)55-37-43-64-65-44-38-56(77(52-31-27-50(28-32-52)74(4,5)6)54-35-41-58(42-36-54)79(10,11)12)46-71(65)75(70(64)45-55)69-24-18-17-23-63(69)68-47-66-61-21-15-13-19-59(61)60-20-14-16-22-62(60)67(66)48-72(68)75/h13-48,59,61H,1-12H3. The first kappa shape index (κ1) is 51.0. The van der Waals surface area contributed by atoms with E-state index in [9.17, 15) is 0 Å². The fourth-order valence-electron chi connectivity index (χ4n) is 13.6. The van der Waals surface area contributed by atoms with Gasteiger partial charge >= 0.3 is 0 Å². The monoisotopic (exact) mass is 1060 g/mol. The van der Waals surface area contributed by atoms with Crippen LogP contribution in [0.25, 0.3) is 33.4 Å². The highest BCUT2D eigenvalue weighted by atomic mass is 28.3. The summed E-state index contributed by atoms with van der Waals surface area (Å²) in [6, 6.07) is 76.3. The van der Waals surface area contributed by atoms with Crippen molar-refractivity contribution in [1.82, 2.24) is 0 Å². The van der Waals surface area contributed by atoms with Crippen LogP contribution < -0.4 is 20.2 Å². The smallest absolute Gasteiger partial charge is 0.0775 e. The maximum absolute atomic E-state index is 2.64. The van der Waals surface area contributed by atoms with E-state index in [0.29, 0.717) is 5.92 Å². The molecule has 4 aliphatic rings. The summed E-state index contributed by atoms with van der Waals surface area (Å²) in [6.45, 7) is 28.5. The Kier molecular flexibility index (Phi) is 11.8. The van der Waals surface area contributed by atoms with Crippen molar-refractivity contribution in [2.24, 2.45) is 0 Å². The van der Waals surface area contributed by atoms with Gasteiger partial charge in [-0.25, -0.2) is 0 Å². The van der Waals surface area contributed by atoms with E-state index in [1.165, 1.54) is 88.3 Å². The summed E-state index contributed by atoms with van der Waals surface area (Å²) in [5.74, 6) is 0.545. The van der Waals surface area contributed by atoms with Gasteiger partial charge in [-0.15, -0.1) is 0 Å². The largest absolute Gasteiger partial charge is 0.310 e. The van der Waals surface area contributed by atoms with Crippen molar-refractivity contribution in [1.29, 1.82) is 0 Å². The highest BCUT2D eigenvalue weighted by Crippen LogP contribution is 2.66. The number of allylic oxidation sites excluding steroid dienone is 4. The van der Waals surface area contributed by atoms with Gasteiger partial charge < -0.3 is 9.80 Å². The van der Waals surface area contributed by atoms with Gasteiger partial charge in [-0.2, -0.15) is 0 Å². The Morgan fingerprint density at radius 1 is 0.329 bits per heavy atom. The molecule has 79 heavy (non-hydrogen) atoms. The Balaban J connectivity index is 1.09. The van der Waals surface area contributed by atoms with Crippen molar-refractivity contribution in [3.8, 4) is 33.4 Å². The second-order valence-electron chi connectivity index (χ2n) is 27.0. The first-order chi connectivity index (χ1) is 37.7. The molecule has 0 aromatic heterocycles. The van der Waals surface area contributed by atoms with E-state index < -0.39 is 21.6 Å². The minimum absolute atomic E-state index is 0.0314. The fourth-order valence-corrected chi connectivity index (χ4v) is 15.9. The molecular formula is C75H74N2Si2. The molecule has 2 atom stereocenters. The van der Waals surface area contributed by atoms with Gasteiger partial charge in [0.2, 0.25) is 0 Å². The van der Waals surface area contributed by atoms with Gasteiger partial charge in [0.15, 0.2) is 0 Å². The van der Waals surface area contributed by atoms with Crippen molar-refractivity contribution < 1.29 is 0 Å². The molecule has 2 nitrogen and oxygen atoms in total. The van der Waals surface area contributed by atoms with Gasteiger partial charge in [-0.1, -0.05) is 225 Å². The van der Waals surface area contributed by atoms with Crippen LogP contribution in [-0.4, -0.2) is 16.1 Å². The molecule has 0 amide bonds. The van der Waals surface area contributed by atoms with Crippen LogP contribution in [0.2, 0.25) is 39.3 Å². The maximum Gasteiger partial charge on any atom is 0.0775 e. The van der Waals surface area contributed by atoms with Crippen molar-refractivity contribution in [3.05, 3.63) is 263 Å². The third-order valence-corrected chi connectivity index (χ3v) is 22.0. The zero-order valence-electron chi connectivity index (χ0n) is 48.3. The molecule has 0 bridgehead atoms. The molecule has 1 spiro atoms. The van der Waals surface area contributed by atoms with Gasteiger partial charge in [0.25, 0.3) is 0 Å². The summed E-state index contributed by atoms with van der Waals surface area (Å²) < 4.78 is 0. The maximum atomic E-state index is 2.64. The van der Waals surface area contributed by atoms with Crippen molar-refractivity contribution in [2.75, 3.05) is 9.80 Å². The first-order valence-corrected chi connectivity index (χ1v) is 35.7. The highest BCUT2D eigenvalue weighted by Gasteiger charge is 2.53. The lowest BCUT2D eigenvalue weighted by Crippen LogP contribution is -2.37. The molecule has 0 fully saturated rings. The summed E-state index contributed by atoms with van der Waals surface area (Å²) in [4.78, 5) is 5.01. The molecule has 9 aromatic carbocycles. The van der Waals surface area contributed by atoms with Crippen molar-refractivity contribution in [3.63, 3.8) is 0 Å². The number of rotatable bonds is 8. The molecule has 0 heterocycles. The van der Waals surface area contributed by atoms with E-state index >= 15 is 0 Å². The molecular weight excluding hydrogens is 985 g/mol. The Morgan fingerprint density at radius 3 is 1.16 bits per heavy atom. The SMILES string of the molecule is CC(C)(C)c1ccc(N(c2ccc([Si](C)(C)C)cc2)c2ccc3c(c2)C2(c4ccccc4-c4cc5c(cc42)-c2ccccc2C2C=CC=CC52)c2cc(N(c4ccc(C(C)(C)C)cc4)c4ccc([Si](C)(C)C)cc4)ccc2-3)cc1. The second-order valence-corrected chi connectivity index (χ2v) is 37.2. The van der Waals surface area contributed by atoms with E-state index in [1.807, 2.05) is 0 Å². The Hall–Kier alpha value is -7.51. The van der Waals surface area contributed by atoms with Gasteiger partial charge in [0.1, 0.15) is 0 Å². The van der Waals surface area contributed by atoms with Gasteiger partial charge in [0, 0.05) is 46.0 Å². The summed E-state index contributed by atoms with van der Waals surface area (Å²) in [5.41, 5.74) is 25.0.